The second-order valence-corrected chi connectivity index (χ2v) is 8.18. The lowest BCUT2D eigenvalue weighted by Crippen LogP contribution is -2.14. The Balaban J connectivity index is 2.01. The molecule has 3 aromatic rings. The molecule has 0 aliphatic rings. The molecule has 24 heavy (non-hydrogen) atoms. The van der Waals surface area contributed by atoms with E-state index in [0.717, 1.165) is 4.70 Å². The van der Waals surface area contributed by atoms with Crippen molar-refractivity contribution in [3.8, 4) is 0 Å². The summed E-state index contributed by atoms with van der Waals surface area (Å²) in [5, 5.41) is 11.0. The van der Waals surface area contributed by atoms with E-state index >= 15 is 0 Å². The summed E-state index contributed by atoms with van der Waals surface area (Å²) in [5.41, 5.74) is 0.827. The van der Waals surface area contributed by atoms with Gasteiger partial charge in [-0.1, -0.05) is 17.7 Å². The zero-order valence-corrected chi connectivity index (χ0v) is 14.6. The number of nitrogens with zero attached hydrogens (tertiary/aromatic N) is 2. The molecule has 7 nitrogen and oxygen atoms in total. The van der Waals surface area contributed by atoms with E-state index in [1.807, 2.05) is 0 Å². The van der Waals surface area contributed by atoms with Crippen LogP contribution < -0.4 is 4.72 Å². The maximum atomic E-state index is 12.6. The Bertz CT molecular complexity index is 1060. The summed E-state index contributed by atoms with van der Waals surface area (Å²) in [4.78, 5) is 14.3. The first kappa shape index (κ1) is 16.6. The van der Waals surface area contributed by atoms with E-state index < -0.39 is 14.9 Å². The van der Waals surface area contributed by atoms with Gasteiger partial charge < -0.3 is 0 Å². The van der Waals surface area contributed by atoms with Crippen LogP contribution in [0.25, 0.3) is 10.2 Å². The molecule has 0 aliphatic carbocycles. The Hall–Kier alpha value is -2.23. The van der Waals surface area contributed by atoms with Gasteiger partial charge in [-0.05, 0) is 31.2 Å². The minimum absolute atomic E-state index is 0.0805. The van der Waals surface area contributed by atoms with Gasteiger partial charge in [-0.25, -0.2) is 13.4 Å². The molecule has 124 valence electrons. The van der Waals surface area contributed by atoms with Gasteiger partial charge in [0.1, 0.15) is 0 Å². The van der Waals surface area contributed by atoms with Gasteiger partial charge in [0.15, 0.2) is 4.47 Å². The number of anilines is 1. The highest BCUT2D eigenvalue weighted by Gasteiger charge is 2.23. The highest BCUT2D eigenvalue weighted by Crippen LogP contribution is 2.30. The number of nitro groups is 1. The average molecular weight is 384 g/mol. The summed E-state index contributed by atoms with van der Waals surface area (Å²) in [5.74, 6) is 0. The molecule has 2 aromatic carbocycles. The molecule has 0 aliphatic heterocycles. The number of thiazole rings is 1. The zero-order chi connectivity index (χ0) is 17.5. The normalized spacial score (nSPS) is 11.6. The van der Waals surface area contributed by atoms with E-state index in [-0.39, 0.29) is 16.1 Å². The van der Waals surface area contributed by atoms with Gasteiger partial charge in [0.25, 0.3) is 15.7 Å². The number of aromatic nitrogens is 1. The first-order valence-corrected chi connectivity index (χ1v) is 9.28. The SMILES string of the molecule is Cc1c([N+](=O)[O-])cccc1S(=O)(=O)Nc1ccc2nc(Cl)sc2c1. The smallest absolute Gasteiger partial charge is 0.273 e. The topological polar surface area (TPSA) is 102 Å². The Morgan fingerprint density at radius 3 is 2.75 bits per heavy atom. The zero-order valence-electron chi connectivity index (χ0n) is 12.2. The molecule has 1 aromatic heterocycles. The van der Waals surface area contributed by atoms with E-state index in [1.54, 1.807) is 18.2 Å². The Labute approximate surface area is 146 Å². The van der Waals surface area contributed by atoms with Gasteiger partial charge >= 0.3 is 0 Å². The fourth-order valence-electron chi connectivity index (χ4n) is 2.26. The number of halogens is 1. The second kappa shape index (κ2) is 6.00. The molecule has 0 unspecified atom stereocenters. The van der Waals surface area contributed by atoms with E-state index in [0.29, 0.717) is 15.7 Å². The van der Waals surface area contributed by atoms with Crippen LogP contribution >= 0.6 is 22.9 Å². The number of benzene rings is 2. The van der Waals surface area contributed by atoms with Crippen LogP contribution in [0.3, 0.4) is 0 Å². The summed E-state index contributed by atoms with van der Waals surface area (Å²) in [6.45, 7) is 1.40. The van der Waals surface area contributed by atoms with Gasteiger partial charge in [0.05, 0.1) is 25.7 Å². The Morgan fingerprint density at radius 2 is 2.04 bits per heavy atom. The maximum Gasteiger partial charge on any atom is 0.273 e. The van der Waals surface area contributed by atoms with Crippen LogP contribution in [-0.4, -0.2) is 18.3 Å². The number of nitro benzene ring substituents is 1. The van der Waals surface area contributed by atoms with E-state index in [1.165, 1.54) is 36.5 Å². The van der Waals surface area contributed by atoms with Crippen molar-refractivity contribution in [3.05, 3.63) is 56.5 Å². The van der Waals surface area contributed by atoms with Gasteiger partial charge in [-0.3, -0.25) is 14.8 Å². The second-order valence-electron chi connectivity index (χ2n) is 4.91. The third kappa shape index (κ3) is 3.05. The lowest BCUT2D eigenvalue weighted by atomic mass is 10.2. The van der Waals surface area contributed by atoms with Gasteiger partial charge in [-0.15, -0.1) is 11.3 Å². The van der Waals surface area contributed by atoms with Crippen LogP contribution in [-0.2, 0) is 10.0 Å². The molecule has 0 atom stereocenters. The van der Waals surface area contributed by atoms with E-state index in [4.69, 9.17) is 11.6 Å². The van der Waals surface area contributed by atoms with Crippen molar-refractivity contribution in [3.63, 3.8) is 0 Å². The van der Waals surface area contributed by atoms with Crippen molar-refractivity contribution < 1.29 is 13.3 Å². The first-order chi connectivity index (χ1) is 11.3. The highest BCUT2D eigenvalue weighted by molar-refractivity contribution is 7.92. The van der Waals surface area contributed by atoms with Crippen molar-refractivity contribution in [2.24, 2.45) is 0 Å². The number of hydrogen-bond acceptors (Lipinski definition) is 6. The largest absolute Gasteiger partial charge is 0.280 e. The van der Waals surface area contributed by atoms with Gasteiger partial charge in [0, 0.05) is 11.6 Å². The van der Waals surface area contributed by atoms with E-state index in [9.17, 15) is 18.5 Å². The molecule has 0 saturated heterocycles. The lowest BCUT2D eigenvalue weighted by Gasteiger charge is -2.10. The number of nitrogens with one attached hydrogen (secondary N) is 1. The number of fused-ring (bicyclic) bond motifs is 1. The third-order valence-electron chi connectivity index (χ3n) is 3.36. The summed E-state index contributed by atoms with van der Waals surface area (Å²) in [6.07, 6.45) is 0. The van der Waals surface area contributed by atoms with Crippen molar-refractivity contribution in [2.75, 3.05) is 4.72 Å². The highest BCUT2D eigenvalue weighted by atomic mass is 35.5. The van der Waals surface area contributed by atoms with Crippen molar-refractivity contribution in [1.82, 2.24) is 4.98 Å². The molecule has 1 N–H and O–H groups in total. The fourth-order valence-corrected chi connectivity index (χ4v) is 4.64. The van der Waals surface area contributed by atoms with Crippen LogP contribution in [0, 0.1) is 17.0 Å². The molecule has 10 heteroatoms. The molecule has 0 saturated carbocycles. The standard InChI is InChI=1S/C14H10ClN3O4S2/c1-8-11(18(19)20)3-2-4-13(8)24(21,22)17-9-5-6-10-12(7-9)23-14(15)16-10/h2-7,17H,1H3. The van der Waals surface area contributed by atoms with Crippen LogP contribution in [0.1, 0.15) is 5.56 Å². The molecular formula is C14H10ClN3O4S2. The van der Waals surface area contributed by atoms with Crippen LogP contribution in [0.2, 0.25) is 4.47 Å². The number of sulfonamides is 1. The minimum Gasteiger partial charge on any atom is -0.280 e. The minimum atomic E-state index is -3.97. The summed E-state index contributed by atoms with van der Waals surface area (Å²) < 4.78 is 28.7. The Kier molecular flexibility index (Phi) is 4.16. The number of hydrogen-bond donors (Lipinski definition) is 1. The van der Waals surface area contributed by atoms with E-state index in [2.05, 4.69) is 9.71 Å². The molecule has 3 rings (SSSR count). The Morgan fingerprint density at radius 1 is 1.29 bits per heavy atom. The molecular weight excluding hydrogens is 374 g/mol. The predicted molar refractivity (Wildman–Crippen MR) is 93.3 cm³/mol. The first-order valence-electron chi connectivity index (χ1n) is 6.61. The van der Waals surface area contributed by atoms with Crippen molar-refractivity contribution in [1.29, 1.82) is 0 Å². The van der Waals surface area contributed by atoms with Crippen molar-refractivity contribution >= 4 is 54.6 Å². The van der Waals surface area contributed by atoms with Gasteiger partial charge in [-0.2, -0.15) is 0 Å². The molecule has 0 radical (unpaired) electrons. The maximum absolute atomic E-state index is 12.6. The molecule has 0 spiro atoms. The lowest BCUT2D eigenvalue weighted by molar-refractivity contribution is -0.385. The molecule has 0 amide bonds. The number of rotatable bonds is 4. The summed E-state index contributed by atoms with van der Waals surface area (Å²) in [7, 11) is -3.97. The fraction of sp³-hybridized carbons (Fsp3) is 0.0714. The van der Waals surface area contributed by atoms with Crippen LogP contribution in [0.5, 0.6) is 0 Å². The molecule has 1 heterocycles. The third-order valence-corrected chi connectivity index (χ3v) is 6.00. The summed E-state index contributed by atoms with van der Waals surface area (Å²) in [6, 6.07) is 8.75. The average Bonchev–Trinajstić information content (AvgIpc) is 2.85. The van der Waals surface area contributed by atoms with Crippen molar-refractivity contribution in [2.45, 2.75) is 11.8 Å². The quantitative estimate of drug-likeness (QED) is 0.542. The predicted octanol–water partition coefficient (Wildman–Crippen LogP) is 3.97. The van der Waals surface area contributed by atoms with Gasteiger partial charge in [0.2, 0.25) is 0 Å². The molecule has 0 fully saturated rings. The molecule has 0 bridgehead atoms. The monoisotopic (exact) mass is 383 g/mol. The summed E-state index contributed by atoms with van der Waals surface area (Å²) >= 11 is 7.06. The van der Waals surface area contributed by atoms with Crippen LogP contribution in [0.15, 0.2) is 41.3 Å². The van der Waals surface area contributed by atoms with Crippen LogP contribution in [0.4, 0.5) is 11.4 Å².